The first kappa shape index (κ1) is 17.7. The van der Waals surface area contributed by atoms with Gasteiger partial charge in [0.25, 0.3) is 0 Å². The Kier molecular flexibility index (Phi) is 4.93. The number of hydrogen-bond donors (Lipinski definition) is 3. The second-order valence-corrected chi connectivity index (χ2v) is 7.36. The molecule has 1 saturated heterocycles. The number of hydrogen-bond acceptors (Lipinski definition) is 7. The Hall–Kier alpha value is -2.68. The van der Waals surface area contributed by atoms with Crippen molar-refractivity contribution in [2.45, 2.75) is 37.6 Å². The van der Waals surface area contributed by atoms with Gasteiger partial charge >= 0.3 is 5.97 Å². The van der Waals surface area contributed by atoms with Crippen LogP contribution in [0.4, 0.5) is 17.6 Å². The third kappa shape index (κ3) is 4.36. The molecule has 2 aromatic rings. The summed E-state index contributed by atoms with van der Waals surface area (Å²) in [6.45, 7) is 1.66. The van der Waals surface area contributed by atoms with Crippen LogP contribution < -0.4 is 10.2 Å². The van der Waals surface area contributed by atoms with Gasteiger partial charge in [0.05, 0.1) is 6.54 Å². The summed E-state index contributed by atoms with van der Waals surface area (Å²) in [7, 11) is 2.00. The molecule has 9 nitrogen and oxygen atoms in total. The number of nitrogens with zero attached hydrogens (tertiary/aromatic N) is 5. The Morgan fingerprint density at radius 1 is 1.33 bits per heavy atom. The highest BCUT2D eigenvalue weighted by atomic mass is 16.4. The number of carboxylic acid groups (broad SMARTS) is 1. The molecule has 0 bridgehead atoms. The second kappa shape index (κ2) is 7.51. The molecule has 0 spiro atoms. The summed E-state index contributed by atoms with van der Waals surface area (Å²) >= 11 is 0. The SMILES string of the molecule is CN(c1nccc(Nc2cc(C3CC3)[nH]n2)n1)C1CCN(CC(=O)O)CC1. The number of aliphatic carboxylic acids is 1. The van der Waals surface area contributed by atoms with Gasteiger partial charge in [0, 0.05) is 50.1 Å². The maximum Gasteiger partial charge on any atom is 0.317 e. The lowest BCUT2D eigenvalue weighted by Gasteiger charge is -2.36. The van der Waals surface area contributed by atoms with Crippen molar-refractivity contribution in [1.29, 1.82) is 0 Å². The highest BCUT2D eigenvalue weighted by Gasteiger charge is 2.26. The van der Waals surface area contributed by atoms with E-state index < -0.39 is 5.97 Å². The molecule has 2 fully saturated rings. The van der Waals surface area contributed by atoms with Crippen LogP contribution in [0.15, 0.2) is 18.3 Å². The average Bonchev–Trinajstić information content (AvgIpc) is 3.41. The lowest BCUT2D eigenvalue weighted by molar-refractivity contribution is -0.138. The lowest BCUT2D eigenvalue weighted by Crippen LogP contribution is -2.45. The van der Waals surface area contributed by atoms with E-state index in [2.05, 4.69) is 30.4 Å². The molecule has 144 valence electrons. The Bertz CT molecular complexity index is 797. The summed E-state index contributed by atoms with van der Waals surface area (Å²) < 4.78 is 0. The highest BCUT2D eigenvalue weighted by molar-refractivity contribution is 5.69. The van der Waals surface area contributed by atoms with E-state index in [9.17, 15) is 4.79 Å². The van der Waals surface area contributed by atoms with E-state index >= 15 is 0 Å². The monoisotopic (exact) mass is 371 g/mol. The molecule has 0 amide bonds. The number of H-pyrrole nitrogens is 1. The molecule has 9 heteroatoms. The van der Waals surface area contributed by atoms with Gasteiger partial charge in [0.1, 0.15) is 5.82 Å². The first-order valence-corrected chi connectivity index (χ1v) is 9.41. The van der Waals surface area contributed by atoms with Crippen molar-refractivity contribution >= 4 is 23.6 Å². The van der Waals surface area contributed by atoms with E-state index in [0.29, 0.717) is 23.7 Å². The summed E-state index contributed by atoms with van der Waals surface area (Å²) in [6.07, 6.45) is 6.00. The van der Waals surface area contributed by atoms with Gasteiger partial charge < -0.3 is 15.3 Å². The number of aromatic amines is 1. The van der Waals surface area contributed by atoms with Crippen molar-refractivity contribution < 1.29 is 9.90 Å². The summed E-state index contributed by atoms with van der Waals surface area (Å²) in [5.74, 6) is 2.00. The summed E-state index contributed by atoms with van der Waals surface area (Å²) in [4.78, 5) is 23.9. The predicted octanol–water partition coefficient (Wildman–Crippen LogP) is 1.81. The zero-order chi connectivity index (χ0) is 18.8. The van der Waals surface area contributed by atoms with E-state index in [-0.39, 0.29) is 6.54 Å². The van der Waals surface area contributed by atoms with Gasteiger partial charge in [-0.1, -0.05) is 0 Å². The molecule has 3 N–H and O–H groups in total. The van der Waals surface area contributed by atoms with Crippen molar-refractivity contribution in [3.63, 3.8) is 0 Å². The number of aromatic nitrogens is 4. The number of nitrogens with one attached hydrogen (secondary N) is 2. The van der Waals surface area contributed by atoms with Crippen molar-refractivity contribution in [1.82, 2.24) is 25.1 Å². The Labute approximate surface area is 157 Å². The third-order valence-electron chi connectivity index (χ3n) is 5.29. The smallest absolute Gasteiger partial charge is 0.317 e. The van der Waals surface area contributed by atoms with Gasteiger partial charge in [-0.3, -0.25) is 14.8 Å². The lowest BCUT2D eigenvalue weighted by atomic mass is 10.0. The van der Waals surface area contributed by atoms with E-state index in [1.165, 1.54) is 18.5 Å². The first-order valence-electron chi connectivity index (χ1n) is 9.41. The molecule has 3 heterocycles. The summed E-state index contributed by atoms with van der Waals surface area (Å²) in [5, 5.41) is 19.5. The standard InChI is InChI=1S/C18H25N7O2/c1-24(13-5-8-25(9-6-13)11-17(26)27)18-19-7-4-15(21-18)20-16-10-14(22-23-16)12-2-3-12/h4,7,10,12-13H,2-3,5-6,8-9,11H2,1H3,(H,26,27)(H2,19,20,21,22,23). The van der Waals surface area contributed by atoms with Crippen LogP contribution in [0.25, 0.3) is 0 Å². The summed E-state index contributed by atoms with van der Waals surface area (Å²) in [5.41, 5.74) is 1.18. The number of rotatable bonds is 7. The van der Waals surface area contributed by atoms with Crippen LogP contribution in [0, 0.1) is 0 Å². The van der Waals surface area contributed by atoms with Crippen molar-refractivity contribution in [3.05, 3.63) is 24.0 Å². The van der Waals surface area contributed by atoms with Crippen LogP contribution in [0.2, 0.25) is 0 Å². The minimum absolute atomic E-state index is 0.110. The summed E-state index contributed by atoms with van der Waals surface area (Å²) in [6, 6.07) is 4.18. The number of carboxylic acids is 1. The number of carbonyl (C=O) groups is 1. The highest BCUT2D eigenvalue weighted by Crippen LogP contribution is 2.39. The molecular formula is C18H25N7O2. The predicted molar refractivity (Wildman–Crippen MR) is 101 cm³/mol. The quantitative estimate of drug-likeness (QED) is 0.676. The van der Waals surface area contributed by atoms with Crippen LogP contribution in [0.1, 0.15) is 37.3 Å². The van der Waals surface area contributed by atoms with E-state index in [0.717, 1.165) is 31.7 Å². The topological polar surface area (TPSA) is 110 Å². The van der Waals surface area contributed by atoms with Crippen LogP contribution in [-0.4, -0.2) is 68.9 Å². The third-order valence-corrected chi connectivity index (χ3v) is 5.29. The Morgan fingerprint density at radius 3 is 2.81 bits per heavy atom. The molecular weight excluding hydrogens is 346 g/mol. The fourth-order valence-corrected chi connectivity index (χ4v) is 3.54. The maximum absolute atomic E-state index is 10.8. The van der Waals surface area contributed by atoms with Gasteiger partial charge in [-0.25, -0.2) is 4.98 Å². The van der Waals surface area contributed by atoms with Crippen molar-refractivity contribution in [3.8, 4) is 0 Å². The van der Waals surface area contributed by atoms with Crippen molar-refractivity contribution in [2.24, 2.45) is 0 Å². The van der Waals surface area contributed by atoms with E-state index in [1.807, 2.05) is 24.1 Å². The van der Waals surface area contributed by atoms with Crippen molar-refractivity contribution in [2.75, 3.05) is 36.9 Å². The normalized spacial score (nSPS) is 18.4. The number of anilines is 3. The van der Waals surface area contributed by atoms with E-state index in [4.69, 9.17) is 5.11 Å². The van der Waals surface area contributed by atoms with Crippen LogP contribution in [0.3, 0.4) is 0 Å². The molecule has 0 radical (unpaired) electrons. The molecule has 4 rings (SSSR count). The number of likely N-dealkylation sites (tertiary alicyclic amines) is 1. The molecule has 0 unspecified atom stereocenters. The second-order valence-electron chi connectivity index (χ2n) is 7.36. The van der Waals surface area contributed by atoms with Gasteiger partial charge in [-0.05, 0) is 31.7 Å². The fourth-order valence-electron chi connectivity index (χ4n) is 3.54. The zero-order valence-electron chi connectivity index (χ0n) is 15.4. The van der Waals surface area contributed by atoms with Crippen LogP contribution >= 0.6 is 0 Å². The van der Waals surface area contributed by atoms with Gasteiger partial charge in [0.15, 0.2) is 5.82 Å². The minimum Gasteiger partial charge on any atom is -0.480 e. The van der Waals surface area contributed by atoms with Gasteiger partial charge in [-0.15, -0.1) is 0 Å². The Morgan fingerprint density at radius 2 is 2.11 bits per heavy atom. The minimum atomic E-state index is -0.771. The van der Waals surface area contributed by atoms with Crippen LogP contribution in [0.5, 0.6) is 0 Å². The Balaban J connectivity index is 1.37. The molecule has 1 aliphatic carbocycles. The molecule has 2 aliphatic rings. The largest absolute Gasteiger partial charge is 0.480 e. The molecule has 0 atom stereocenters. The fraction of sp³-hybridized carbons (Fsp3) is 0.556. The van der Waals surface area contributed by atoms with Gasteiger partial charge in [-0.2, -0.15) is 10.1 Å². The molecule has 2 aromatic heterocycles. The average molecular weight is 371 g/mol. The molecule has 0 aromatic carbocycles. The maximum atomic E-state index is 10.8. The number of piperidine rings is 1. The molecule has 1 saturated carbocycles. The molecule has 27 heavy (non-hydrogen) atoms. The van der Waals surface area contributed by atoms with Crippen LogP contribution in [-0.2, 0) is 4.79 Å². The molecule has 1 aliphatic heterocycles. The van der Waals surface area contributed by atoms with Gasteiger partial charge in [0.2, 0.25) is 5.95 Å². The van der Waals surface area contributed by atoms with E-state index in [1.54, 1.807) is 6.20 Å². The zero-order valence-corrected chi connectivity index (χ0v) is 15.4. The first-order chi connectivity index (χ1) is 13.1.